The van der Waals surface area contributed by atoms with Crippen molar-refractivity contribution < 1.29 is 19.4 Å². The summed E-state index contributed by atoms with van der Waals surface area (Å²) in [7, 11) is 0. The van der Waals surface area contributed by atoms with E-state index >= 15 is 0 Å². The summed E-state index contributed by atoms with van der Waals surface area (Å²) in [6.07, 6.45) is 0.371. The van der Waals surface area contributed by atoms with E-state index in [4.69, 9.17) is 9.47 Å². The number of ketones is 1. The molecule has 0 aliphatic carbocycles. The lowest BCUT2D eigenvalue weighted by molar-refractivity contribution is -0.156. The van der Waals surface area contributed by atoms with Crippen LogP contribution in [0.4, 0.5) is 0 Å². The van der Waals surface area contributed by atoms with Gasteiger partial charge in [-0.2, -0.15) is 0 Å². The molecule has 1 N–H and O–H groups in total. The summed E-state index contributed by atoms with van der Waals surface area (Å²) >= 11 is 0. The first-order valence-electron chi connectivity index (χ1n) is 6.61. The van der Waals surface area contributed by atoms with Crippen LogP contribution in [0.3, 0.4) is 0 Å². The van der Waals surface area contributed by atoms with E-state index in [1.165, 1.54) is 0 Å². The van der Waals surface area contributed by atoms with Crippen molar-refractivity contribution in [1.29, 1.82) is 0 Å². The molecule has 2 unspecified atom stereocenters. The van der Waals surface area contributed by atoms with E-state index in [1.54, 1.807) is 0 Å². The molecule has 0 saturated carbocycles. The van der Waals surface area contributed by atoms with Crippen LogP contribution in [-0.2, 0) is 14.3 Å². The van der Waals surface area contributed by atoms with Crippen molar-refractivity contribution in [3.05, 3.63) is 0 Å². The molecule has 2 rings (SSSR count). The monoisotopic (exact) mass is 257 g/mol. The summed E-state index contributed by atoms with van der Waals surface area (Å²) in [6, 6.07) is 0. The van der Waals surface area contributed by atoms with Gasteiger partial charge in [0.05, 0.1) is 37.4 Å². The summed E-state index contributed by atoms with van der Waals surface area (Å²) < 4.78 is 11.1. The quantitative estimate of drug-likeness (QED) is 0.775. The maximum absolute atomic E-state index is 11.8. The van der Waals surface area contributed by atoms with E-state index in [-0.39, 0.29) is 24.2 Å². The first-order valence-corrected chi connectivity index (χ1v) is 6.61. The zero-order valence-electron chi connectivity index (χ0n) is 11.2. The van der Waals surface area contributed by atoms with Gasteiger partial charge in [-0.15, -0.1) is 0 Å². The minimum atomic E-state index is -0.274. The molecule has 2 heterocycles. The average Bonchev–Trinajstić information content (AvgIpc) is 2.30. The zero-order valence-corrected chi connectivity index (χ0v) is 11.2. The highest BCUT2D eigenvalue weighted by Crippen LogP contribution is 2.22. The highest BCUT2D eigenvalue weighted by Gasteiger charge is 2.35. The van der Waals surface area contributed by atoms with E-state index in [9.17, 15) is 9.90 Å². The van der Waals surface area contributed by atoms with Gasteiger partial charge < -0.3 is 14.6 Å². The van der Waals surface area contributed by atoms with Gasteiger partial charge in [0.15, 0.2) is 0 Å². The third-order valence-corrected chi connectivity index (χ3v) is 3.50. The van der Waals surface area contributed by atoms with E-state index in [0.717, 1.165) is 6.54 Å². The third kappa shape index (κ3) is 3.51. The van der Waals surface area contributed by atoms with Crippen LogP contribution < -0.4 is 0 Å². The molecule has 104 valence electrons. The van der Waals surface area contributed by atoms with Gasteiger partial charge in [-0.3, -0.25) is 9.69 Å². The number of morpholine rings is 1. The van der Waals surface area contributed by atoms with E-state index in [2.05, 4.69) is 4.90 Å². The van der Waals surface area contributed by atoms with Crippen molar-refractivity contribution in [1.82, 2.24) is 4.90 Å². The number of Topliss-reactive ketones (excluding diaryl/α,β-unsaturated/α-hetero) is 1. The molecule has 2 aliphatic heterocycles. The Balaban J connectivity index is 1.93. The number of carbonyl (C=O) groups is 1. The lowest BCUT2D eigenvalue weighted by Gasteiger charge is -2.43. The van der Waals surface area contributed by atoms with Crippen molar-refractivity contribution in [2.24, 2.45) is 5.92 Å². The van der Waals surface area contributed by atoms with E-state index in [0.29, 0.717) is 38.5 Å². The fourth-order valence-corrected chi connectivity index (χ4v) is 2.81. The third-order valence-electron chi connectivity index (χ3n) is 3.50. The Kier molecular flexibility index (Phi) is 4.37. The normalized spacial score (nSPS) is 33.6. The Morgan fingerprint density at radius 3 is 2.94 bits per heavy atom. The zero-order chi connectivity index (χ0) is 13.2. The number of carbonyl (C=O) groups excluding carboxylic acids is 1. The molecule has 0 bridgehead atoms. The van der Waals surface area contributed by atoms with Gasteiger partial charge in [0.25, 0.3) is 0 Å². The first kappa shape index (κ1) is 13.9. The van der Waals surface area contributed by atoms with Gasteiger partial charge in [-0.05, 0) is 13.8 Å². The van der Waals surface area contributed by atoms with Crippen LogP contribution in [0.25, 0.3) is 0 Å². The van der Waals surface area contributed by atoms with Crippen molar-refractivity contribution in [2.45, 2.75) is 32.0 Å². The second-order valence-corrected chi connectivity index (χ2v) is 5.86. The molecule has 2 saturated heterocycles. The van der Waals surface area contributed by atoms with E-state index < -0.39 is 0 Å². The van der Waals surface area contributed by atoms with Gasteiger partial charge >= 0.3 is 0 Å². The molecule has 2 atom stereocenters. The molecule has 0 aromatic rings. The number of hydrogen-bond donors (Lipinski definition) is 1. The minimum Gasteiger partial charge on any atom is -0.394 e. The van der Waals surface area contributed by atoms with Crippen molar-refractivity contribution >= 4 is 5.78 Å². The number of nitrogens with zero attached hydrogens (tertiary/aromatic N) is 1. The molecular weight excluding hydrogens is 234 g/mol. The Morgan fingerprint density at radius 1 is 1.50 bits per heavy atom. The second-order valence-electron chi connectivity index (χ2n) is 5.86. The van der Waals surface area contributed by atoms with Gasteiger partial charge in [-0.25, -0.2) is 0 Å². The summed E-state index contributed by atoms with van der Waals surface area (Å²) in [5.41, 5.74) is -0.274. The molecule has 5 nitrogen and oxygen atoms in total. The molecule has 0 amide bonds. The smallest absolute Gasteiger partial charge is 0.141 e. The Morgan fingerprint density at radius 2 is 2.28 bits per heavy atom. The number of hydrogen-bond acceptors (Lipinski definition) is 5. The van der Waals surface area contributed by atoms with Crippen LogP contribution in [0.2, 0.25) is 0 Å². The number of aliphatic hydroxyl groups excluding tert-OH is 1. The summed E-state index contributed by atoms with van der Waals surface area (Å²) in [5.74, 6) is 0.276. The Bertz CT molecular complexity index is 305. The largest absolute Gasteiger partial charge is 0.394 e. The van der Waals surface area contributed by atoms with Gasteiger partial charge in [0, 0.05) is 26.1 Å². The molecule has 18 heavy (non-hydrogen) atoms. The topological polar surface area (TPSA) is 59.0 Å². The number of rotatable bonds is 3. The molecule has 0 aromatic carbocycles. The first-order chi connectivity index (χ1) is 8.50. The maximum Gasteiger partial charge on any atom is 0.141 e. The second kappa shape index (κ2) is 5.65. The van der Waals surface area contributed by atoms with Crippen LogP contribution in [-0.4, -0.2) is 66.9 Å². The summed E-state index contributed by atoms with van der Waals surface area (Å²) in [5, 5.41) is 9.26. The highest BCUT2D eigenvalue weighted by molar-refractivity contribution is 5.82. The number of ether oxygens (including phenoxy) is 2. The Labute approximate surface area is 108 Å². The SMILES string of the molecule is CC1(C)CN(CC2COCCC2=O)CC(CO)O1. The van der Waals surface area contributed by atoms with Gasteiger partial charge in [-0.1, -0.05) is 0 Å². The van der Waals surface area contributed by atoms with Gasteiger partial charge in [0.1, 0.15) is 5.78 Å². The van der Waals surface area contributed by atoms with Crippen LogP contribution in [0, 0.1) is 5.92 Å². The van der Waals surface area contributed by atoms with Crippen LogP contribution in [0.1, 0.15) is 20.3 Å². The lowest BCUT2D eigenvalue weighted by Crippen LogP contribution is -2.55. The fourth-order valence-electron chi connectivity index (χ4n) is 2.81. The molecule has 2 aliphatic rings. The number of aliphatic hydroxyl groups is 1. The molecule has 5 heteroatoms. The van der Waals surface area contributed by atoms with Crippen molar-refractivity contribution in [2.75, 3.05) is 39.5 Å². The summed E-state index contributed by atoms with van der Waals surface area (Å²) in [4.78, 5) is 14.0. The molecule has 2 fully saturated rings. The molecule has 0 radical (unpaired) electrons. The summed E-state index contributed by atoms with van der Waals surface area (Å²) in [6.45, 7) is 7.32. The minimum absolute atomic E-state index is 0.0213. The Hall–Kier alpha value is -0.490. The fraction of sp³-hybridized carbons (Fsp3) is 0.923. The predicted molar refractivity (Wildman–Crippen MR) is 66.4 cm³/mol. The molecular formula is C13H23NO4. The predicted octanol–water partition coefficient (Wildman–Crippen LogP) is 0.0637. The lowest BCUT2D eigenvalue weighted by atomic mass is 9.97. The maximum atomic E-state index is 11.8. The molecule has 0 aromatic heterocycles. The van der Waals surface area contributed by atoms with Crippen LogP contribution in [0.15, 0.2) is 0 Å². The molecule has 0 spiro atoms. The van der Waals surface area contributed by atoms with E-state index in [1.807, 2.05) is 13.8 Å². The van der Waals surface area contributed by atoms with Crippen LogP contribution >= 0.6 is 0 Å². The van der Waals surface area contributed by atoms with Crippen LogP contribution in [0.5, 0.6) is 0 Å². The van der Waals surface area contributed by atoms with Gasteiger partial charge in [0.2, 0.25) is 0 Å². The average molecular weight is 257 g/mol. The van der Waals surface area contributed by atoms with Crippen molar-refractivity contribution in [3.8, 4) is 0 Å². The highest BCUT2D eigenvalue weighted by atomic mass is 16.5. The van der Waals surface area contributed by atoms with Crippen molar-refractivity contribution in [3.63, 3.8) is 0 Å². The standard InChI is InChI=1S/C13H23NO4/c1-13(2)9-14(6-11(7-15)18-13)5-10-8-17-4-3-12(10)16/h10-11,15H,3-9H2,1-2H3.